The second-order valence-corrected chi connectivity index (χ2v) is 1.83. The van der Waals surface area contributed by atoms with E-state index in [9.17, 15) is 0 Å². The van der Waals surface area contributed by atoms with Gasteiger partial charge in [0.05, 0.1) is 5.35 Å². The maximum absolute atomic E-state index is 5.48. The first kappa shape index (κ1) is 5.82. The topological polar surface area (TPSA) is 38.9 Å². The number of nitrogen functional groups attached to an aromatic ring is 1. The SMILES string of the molecule is C=c1nccc(N)c1=C. The Morgan fingerprint density at radius 2 is 2.11 bits per heavy atom. The van der Waals surface area contributed by atoms with Crippen molar-refractivity contribution >= 4 is 18.8 Å². The highest BCUT2D eigenvalue weighted by molar-refractivity contribution is 5.39. The third kappa shape index (κ3) is 0.914. The van der Waals surface area contributed by atoms with Gasteiger partial charge >= 0.3 is 0 Å². The van der Waals surface area contributed by atoms with E-state index in [1.165, 1.54) is 0 Å². The minimum atomic E-state index is 0.648. The Bertz CT molecular complexity index is 303. The quantitative estimate of drug-likeness (QED) is 0.500. The number of hydrogen-bond acceptors (Lipinski definition) is 2. The van der Waals surface area contributed by atoms with Crippen molar-refractivity contribution in [3.63, 3.8) is 0 Å². The summed E-state index contributed by atoms with van der Waals surface area (Å²) in [6, 6.07) is 1.71. The molecule has 0 aliphatic carbocycles. The number of aromatic nitrogens is 1. The molecule has 0 aromatic carbocycles. The summed E-state index contributed by atoms with van der Waals surface area (Å²) in [5.41, 5.74) is 6.13. The van der Waals surface area contributed by atoms with Crippen molar-refractivity contribution in [1.82, 2.24) is 4.98 Å². The van der Waals surface area contributed by atoms with Crippen LogP contribution in [0.2, 0.25) is 0 Å². The fourth-order valence-electron chi connectivity index (χ4n) is 0.553. The van der Waals surface area contributed by atoms with Gasteiger partial charge in [-0.1, -0.05) is 13.2 Å². The third-order valence-corrected chi connectivity index (χ3v) is 1.18. The van der Waals surface area contributed by atoms with Crippen LogP contribution in [0, 0.1) is 0 Å². The molecule has 1 aromatic heterocycles. The molecule has 1 heterocycles. The molecule has 0 saturated carbocycles. The number of nitrogens with two attached hydrogens (primary N) is 1. The fraction of sp³-hybridized carbons (Fsp3) is 0. The third-order valence-electron chi connectivity index (χ3n) is 1.18. The zero-order valence-electron chi connectivity index (χ0n) is 5.09. The van der Waals surface area contributed by atoms with Gasteiger partial charge in [-0.25, -0.2) is 0 Å². The molecule has 0 bridgehead atoms. The summed E-state index contributed by atoms with van der Waals surface area (Å²) in [7, 11) is 0. The molecular formula is C7H8N2. The summed E-state index contributed by atoms with van der Waals surface area (Å²) in [6.07, 6.45) is 1.62. The Hall–Kier alpha value is -1.31. The van der Waals surface area contributed by atoms with E-state index in [1.807, 2.05) is 0 Å². The maximum atomic E-state index is 5.48. The van der Waals surface area contributed by atoms with Crippen LogP contribution in [0.4, 0.5) is 5.69 Å². The van der Waals surface area contributed by atoms with E-state index in [4.69, 9.17) is 5.73 Å². The number of anilines is 1. The van der Waals surface area contributed by atoms with Crippen molar-refractivity contribution in [2.24, 2.45) is 0 Å². The van der Waals surface area contributed by atoms with Crippen molar-refractivity contribution in [2.45, 2.75) is 0 Å². The summed E-state index contributed by atoms with van der Waals surface area (Å²) in [5.74, 6) is 0. The Morgan fingerprint density at radius 3 is 2.56 bits per heavy atom. The van der Waals surface area contributed by atoms with Crippen LogP contribution in [-0.4, -0.2) is 4.98 Å². The lowest BCUT2D eigenvalue weighted by molar-refractivity contribution is 1.24. The molecule has 2 heteroatoms. The van der Waals surface area contributed by atoms with Crippen molar-refractivity contribution in [1.29, 1.82) is 0 Å². The zero-order chi connectivity index (χ0) is 6.85. The monoisotopic (exact) mass is 120 g/mol. The molecule has 0 aliphatic rings. The van der Waals surface area contributed by atoms with Gasteiger partial charge in [-0.05, 0) is 6.07 Å². The van der Waals surface area contributed by atoms with Gasteiger partial charge in [0.1, 0.15) is 0 Å². The van der Waals surface area contributed by atoms with Gasteiger partial charge in [0.2, 0.25) is 0 Å². The van der Waals surface area contributed by atoms with Gasteiger partial charge in [0.15, 0.2) is 0 Å². The highest BCUT2D eigenvalue weighted by Gasteiger charge is 1.83. The molecule has 46 valence electrons. The highest BCUT2D eigenvalue weighted by Crippen LogP contribution is 1.81. The molecule has 1 rings (SSSR count). The van der Waals surface area contributed by atoms with Crippen LogP contribution in [0.3, 0.4) is 0 Å². The zero-order valence-corrected chi connectivity index (χ0v) is 5.09. The molecule has 0 unspecified atom stereocenters. The first-order valence-corrected chi connectivity index (χ1v) is 2.60. The summed E-state index contributed by atoms with van der Waals surface area (Å²) in [6.45, 7) is 7.30. The molecule has 0 spiro atoms. The second kappa shape index (κ2) is 1.90. The predicted molar refractivity (Wildman–Crippen MR) is 38.9 cm³/mol. The standard InChI is InChI=1S/C7H8N2/c1-5-6(2)9-4-3-7(5)8/h3-4H,1-2,8H2. The van der Waals surface area contributed by atoms with Crippen LogP contribution in [0.25, 0.3) is 13.2 Å². The van der Waals surface area contributed by atoms with Crippen LogP contribution in [0.1, 0.15) is 0 Å². The summed E-state index contributed by atoms with van der Waals surface area (Å²) >= 11 is 0. The Labute approximate surface area is 53.3 Å². The molecule has 0 atom stereocenters. The minimum Gasteiger partial charge on any atom is -0.398 e. The number of pyridine rings is 1. The Balaban J connectivity index is 3.63. The molecule has 1 aromatic rings. The van der Waals surface area contributed by atoms with E-state index in [0.29, 0.717) is 11.0 Å². The molecule has 0 aliphatic heterocycles. The molecule has 2 nitrogen and oxygen atoms in total. The van der Waals surface area contributed by atoms with Gasteiger partial charge in [-0.15, -0.1) is 0 Å². The van der Waals surface area contributed by atoms with Crippen molar-refractivity contribution < 1.29 is 0 Å². The van der Waals surface area contributed by atoms with Gasteiger partial charge in [0.25, 0.3) is 0 Å². The smallest absolute Gasteiger partial charge is 0.0644 e. The Kier molecular flexibility index (Phi) is 1.23. The van der Waals surface area contributed by atoms with Gasteiger partial charge in [-0.3, -0.25) is 4.98 Å². The largest absolute Gasteiger partial charge is 0.398 e. The van der Waals surface area contributed by atoms with Gasteiger partial charge < -0.3 is 5.73 Å². The Morgan fingerprint density at radius 1 is 1.44 bits per heavy atom. The normalized spacial score (nSPS) is 9.33. The average molecular weight is 120 g/mol. The van der Waals surface area contributed by atoms with Crippen LogP contribution in [0.5, 0.6) is 0 Å². The van der Waals surface area contributed by atoms with E-state index in [1.54, 1.807) is 12.3 Å². The molecule has 0 fully saturated rings. The molecular weight excluding hydrogens is 112 g/mol. The summed E-state index contributed by atoms with van der Waals surface area (Å²) in [4.78, 5) is 3.89. The lowest BCUT2D eigenvalue weighted by atomic mass is 10.3. The summed E-state index contributed by atoms with van der Waals surface area (Å²) < 4.78 is 0. The molecule has 2 N–H and O–H groups in total. The van der Waals surface area contributed by atoms with E-state index in [0.717, 1.165) is 5.22 Å². The molecule has 0 amide bonds. The summed E-state index contributed by atoms with van der Waals surface area (Å²) in [5, 5.41) is 1.37. The van der Waals surface area contributed by atoms with Crippen molar-refractivity contribution in [3.05, 3.63) is 22.8 Å². The number of nitrogens with zero attached hydrogens (tertiary/aromatic N) is 1. The maximum Gasteiger partial charge on any atom is 0.0644 e. The fourth-order valence-corrected chi connectivity index (χ4v) is 0.553. The molecule has 0 radical (unpaired) electrons. The second-order valence-electron chi connectivity index (χ2n) is 1.83. The molecule has 9 heavy (non-hydrogen) atoms. The first-order chi connectivity index (χ1) is 4.22. The van der Waals surface area contributed by atoms with Crippen molar-refractivity contribution in [3.8, 4) is 0 Å². The highest BCUT2D eigenvalue weighted by atomic mass is 14.7. The van der Waals surface area contributed by atoms with E-state index in [-0.39, 0.29) is 0 Å². The number of rotatable bonds is 0. The van der Waals surface area contributed by atoms with Gasteiger partial charge in [0, 0.05) is 17.1 Å². The van der Waals surface area contributed by atoms with E-state index < -0.39 is 0 Å². The van der Waals surface area contributed by atoms with Crippen LogP contribution < -0.4 is 16.3 Å². The van der Waals surface area contributed by atoms with Crippen LogP contribution >= 0.6 is 0 Å². The van der Waals surface area contributed by atoms with Gasteiger partial charge in [-0.2, -0.15) is 0 Å². The van der Waals surface area contributed by atoms with E-state index >= 15 is 0 Å². The minimum absolute atomic E-state index is 0.648. The molecule has 0 saturated heterocycles. The van der Waals surface area contributed by atoms with Crippen molar-refractivity contribution in [2.75, 3.05) is 5.73 Å². The predicted octanol–water partition coefficient (Wildman–Crippen LogP) is -0.516. The average Bonchev–Trinajstić information content (AvgIpc) is 1.83. The van der Waals surface area contributed by atoms with Crippen LogP contribution in [-0.2, 0) is 0 Å². The lowest BCUT2D eigenvalue weighted by Crippen LogP contribution is -2.27. The number of hydrogen-bond donors (Lipinski definition) is 1. The van der Waals surface area contributed by atoms with E-state index in [2.05, 4.69) is 18.1 Å². The van der Waals surface area contributed by atoms with Crippen LogP contribution in [0.15, 0.2) is 12.3 Å². The first-order valence-electron chi connectivity index (χ1n) is 2.60. The lowest BCUT2D eigenvalue weighted by Gasteiger charge is -1.89.